The molecule has 7 heteroatoms. The molecule has 2 rings (SSSR count). The molecule has 0 bridgehead atoms. The van der Waals surface area contributed by atoms with Gasteiger partial charge in [0, 0.05) is 10.6 Å². The number of hydrogen-bond acceptors (Lipinski definition) is 3. The Balaban J connectivity index is 1.98. The van der Waals surface area contributed by atoms with E-state index >= 15 is 0 Å². The van der Waals surface area contributed by atoms with Crippen molar-refractivity contribution in [2.75, 3.05) is 18.2 Å². The molecule has 1 amide bonds. The minimum absolute atomic E-state index is 0.163. The molecule has 116 valence electrons. The largest absolute Gasteiger partial charge is 0.497 e. The van der Waals surface area contributed by atoms with Crippen molar-refractivity contribution in [3.8, 4) is 5.75 Å². The van der Waals surface area contributed by atoms with Crippen LogP contribution in [0.3, 0.4) is 0 Å². The number of rotatable bonds is 5. The second kappa shape index (κ2) is 7.63. The van der Waals surface area contributed by atoms with Crippen molar-refractivity contribution in [1.82, 2.24) is 0 Å². The Morgan fingerprint density at radius 1 is 1.14 bits per heavy atom. The summed E-state index contributed by atoms with van der Waals surface area (Å²) in [7, 11) is 0.0720. The van der Waals surface area contributed by atoms with E-state index in [2.05, 4.69) is 5.32 Å². The van der Waals surface area contributed by atoms with E-state index in [1.807, 2.05) is 0 Å². The number of nitrogens with one attached hydrogen (secondary N) is 1. The van der Waals surface area contributed by atoms with E-state index in [1.54, 1.807) is 43.5 Å². The molecule has 0 aliphatic rings. The molecular weight excluding hydrogens is 345 g/mol. The minimum atomic E-state index is -1.49. The molecule has 0 saturated carbocycles. The van der Waals surface area contributed by atoms with Crippen LogP contribution in [-0.2, 0) is 15.6 Å². The van der Waals surface area contributed by atoms with Gasteiger partial charge in [0.05, 0.1) is 28.0 Å². The maximum absolute atomic E-state index is 12.1. The van der Waals surface area contributed by atoms with Crippen LogP contribution in [0.5, 0.6) is 5.75 Å². The molecule has 0 aromatic heterocycles. The molecule has 2 aromatic rings. The van der Waals surface area contributed by atoms with E-state index in [0.717, 1.165) is 0 Å². The van der Waals surface area contributed by atoms with Gasteiger partial charge >= 0.3 is 0 Å². The molecule has 22 heavy (non-hydrogen) atoms. The summed E-state index contributed by atoms with van der Waals surface area (Å²) >= 11 is 11.7. The zero-order valence-corrected chi connectivity index (χ0v) is 14.0. The van der Waals surface area contributed by atoms with E-state index < -0.39 is 10.8 Å². The van der Waals surface area contributed by atoms with Crippen LogP contribution in [-0.4, -0.2) is 23.0 Å². The van der Waals surface area contributed by atoms with Gasteiger partial charge in [-0.25, -0.2) is 0 Å². The minimum Gasteiger partial charge on any atom is -0.497 e. The highest BCUT2D eigenvalue weighted by Gasteiger charge is 2.12. The quantitative estimate of drug-likeness (QED) is 0.886. The van der Waals surface area contributed by atoms with E-state index in [4.69, 9.17) is 27.9 Å². The van der Waals surface area contributed by atoms with Gasteiger partial charge in [-0.05, 0) is 42.5 Å². The molecule has 0 unspecified atom stereocenters. The van der Waals surface area contributed by atoms with Crippen molar-refractivity contribution in [3.05, 3.63) is 52.5 Å². The summed E-state index contributed by atoms with van der Waals surface area (Å²) in [5, 5.41) is 3.36. The topological polar surface area (TPSA) is 55.4 Å². The second-order valence-electron chi connectivity index (χ2n) is 4.34. The lowest BCUT2D eigenvalue weighted by Gasteiger charge is -2.07. The highest BCUT2D eigenvalue weighted by Crippen LogP contribution is 2.24. The third-order valence-corrected chi connectivity index (χ3v) is 4.83. The second-order valence-corrected chi connectivity index (χ2v) is 6.61. The maximum atomic E-state index is 12.1. The van der Waals surface area contributed by atoms with Crippen LogP contribution < -0.4 is 10.1 Å². The molecule has 0 saturated heterocycles. The summed E-state index contributed by atoms with van der Waals surface area (Å²) in [6, 6.07) is 11.5. The first-order valence-electron chi connectivity index (χ1n) is 6.27. The molecule has 1 atom stereocenters. The molecule has 4 nitrogen and oxygen atoms in total. The van der Waals surface area contributed by atoms with Crippen molar-refractivity contribution < 1.29 is 13.7 Å². The number of ether oxygens (including phenoxy) is 1. The number of carbonyl (C=O) groups is 1. The van der Waals surface area contributed by atoms with Crippen LogP contribution in [0.15, 0.2) is 47.4 Å². The lowest BCUT2D eigenvalue weighted by atomic mass is 10.3. The van der Waals surface area contributed by atoms with Crippen molar-refractivity contribution >= 4 is 45.6 Å². The number of anilines is 1. The van der Waals surface area contributed by atoms with Gasteiger partial charge in [-0.2, -0.15) is 0 Å². The Bertz CT molecular complexity index is 704. The highest BCUT2D eigenvalue weighted by molar-refractivity contribution is 7.85. The lowest BCUT2D eigenvalue weighted by molar-refractivity contribution is -0.113. The summed E-state index contributed by atoms with van der Waals surface area (Å²) < 4.78 is 17.2. The fourth-order valence-corrected chi connectivity index (χ4v) is 3.00. The summed E-state index contributed by atoms with van der Waals surface area (Å²) in [5.74, 6) is 0.177. The van der Waals surface area contributed by atoms with Crippen LogP contribution in [0.25, 0.3) is 0 Å². The van der Waals surface area contributed by atoms with Crippen LogP contribution in [0.4, 0.5) is 5.69 Å². The van der Waals surface area contributed by atoms with Crippen molar-refractivity contribution in [2.45, 2.75) is 4.90 Å². The van der Waals surface area contributed by atoms with E-state index in [0.29, 0.717) is 26.4 Å². The van der Waals surface area contributed by atoms with Gasteiger partial charge < -0.3 is 10.1 Å². The number of halogens is 2. The summed E-state index contributed by atoms with van der Waals surface area (Å²) in [6.07, 6.45) is 0. The first kappa shape index (κ1) is 16.8. The molecule has 0 spiro atoms. The van der Waals surface area contributed by atoms with Gasteiger partial charge in [0.1, 0.15) is 11.5 Å². The third-order valence-electron chi connectivity index (χ3n) is 2.79. The summed E-state index contributed by atoms with van der Waals surface area (Å²) in [4.78, 5) is 12.4. The van der Waals surface area contributed by atoms with Crippen molar-refractivity contribution in [1.29, 1.82) is 0 Å². The van der Waals surface area contributed by atoms with Crippen LogP contribution >= 0.6 is 23.2 Å². The fraction of sp³-hybridized carbons (Fsp3) is 0.133. The fourth-order valence-electron chi connectivity index (χ4n) is 1.69. The zero-order chi connectivity index (χ0) is 16.1. The van der Waals surface area contributed by atoms with Crippen molar-refractivity contribution in [3.63, 3.8) is 0 Å². The van der Waals surface area contributed by atoms with E-state index in [-0.39, 0.29) is 11.7 Å². The first-order chi connectivity index (χ1) is 10.5. The predicted molar refractivity (Wildman–Crippen MR) is 89.4 cm³/mol. The monoisotopic (exact) mass is 357 g/mol. The SMILES string of the molecule is COc1ccc(NC(=O)C[S@@](=O)c2ccc(Cl)c(Cl)c2)cc1. The molecule has 1 N–H and O–H groups in total. The zero-order valence-electron chi connectivity index (χ0n) is 11.6. The summed E-state index contributed by atoms with van der Waals surface area (Å²) in [5.41, 5.74) is 0.608. The number of carbonyl (C=O) groups excluding carboxylic acids is 1. The number of benzene rings is 2. The van der Waals surface area contributed by atoms with Gasteiger partial charge in [-0.3, -0.25) is 9.00 Å². The van der Waals surface area contributed by atoms with Gasteiger partial charge in [0.2, 0.25) is 5.91 Å². The maximum Gasteiger partial charge on any atom is 0.237 e. The molecule has 0 fully saturated rings. The average molecular weight is 358 g/mol. The first-order valence-corrected chi connectivity index (χ1v) is 8.34. The molecular formula is C15H13Cl2NO3S. The Hall–Kier alpha value is -1.56. The Kier molecular flexibility index (Phi) is 5.83. The number of amides is 1. The smallest absolute Gasteiger partial charge is 0.237 e. The molecule has 0 aliphatic heterocycles. The number of methoxy groups -OCH3 is 1. The van der Waals surface area contributed by atoms with E-state index in [1.165, 1.54) is 6.07 Å². The Morgan fingerprint density at radius 3 is 2.41 bits per heavy atom. The Morgan fingerprint density at radius 2 is 1.82 bits per heavy atom. The predicted octanol–water partition coefficient (Wildman–Crippen LogP) is 3.75. The number of hydrogen-bond donors (Lipinski definition) is 1. The standard InChI is InChI=1S/C15H13Cl2NO3S/c1-21-11-4-2-10(3-5-11)18-15(19)9-22(20)12-6-7-13(16)14(17)8-12/h2-8H,9H2,1H3,(H,18,19)/t22-/m1/s1. The Labute approximate surface area is 140 Å². The molecule has 0 aliphatic carbocycles. The van der Waals surface area contributed by atoms with Crippen LogP contribution in [0.1, 0.15) is 0 Å². The highest BCUT2D eigenvalue weighted by atomic mass is 35.5. The lowest BCUT2D eigenvalue weighted by Crippen LogP contribution is -2.19. The van der Waals surface area contributed by atoms with Gasteiger partial charge in [-0.15, -0.1) is 0 Å². The molecule has 2 aromatic carbocycles. The molecule has 0 heterocycles. The van der Waals surface area contributed by atoms with Gasteiger partial charge in [0.25, 0.3) is 0 Å². The van der Waals surface area contributed by atoms with Crippen molar-refractivity contribution in [2.24, 2.45) is 0 Å². The van der Waals surface area contributed by atoms with Crippen LogP contribution in [0, 0.1) is 0 Å². The molecule has 0 radical (unpaired) electrons. The van der Waals surface area contributed by atoms with Gasteiger partial charge in [0.15, 0.2) is 0 Å². The van der Waals surface area contributed by atoms with Crippen LogP contribution in [0.2, 0.25) is 10.0 Å². The normalized spacial score (nSPS) is 11.8. The van der Waals surface area contributed by atoms with Gasteiger partial charge in [-0.1, -0.05) is 23.2 Å². The average Bonchev–Trinajstić information content (AvgIpc) is 2.50. The van der Waals surface area contributed by atoms with E-state index in [9.17, 15) is 9.00 Å². The third kappa shape index (κ3) is 4.47. The summed E-state index contributed by atoms with van der Waals surface area (Å²) in [6.45, 7) is 0.